The largest absolute Gasteiger partial charge is 0.383 e. The molecule has 2 heteroatoms. The maximum Gasteiger partial charge on any atom is 0.0587 e. The van der Waals surface area contributed by atoms with Gasteiger partial charge in [0.15, 0.2) is 0 Å². The number of rotatable bonds is 11. The van der Waals surface area contributed by atoms with E-state index in [-0.39, 0.29) is 0 Å². The molecule has 0 saturated heterocycles. The standard InChI is InChI=1S/C19H33NO/c1-16(2)7-5-10-19(15-20-11-12-21-4)14-18-9-6-8-17(3)13-18/h6,8-9,13,16,19-20H,5,7,10-12,14-15H2,1-4H3. The molecule has 0 amide bonds. The minimum absolute atomic E-state index is 0.724. The molecule has 0 aliphatic rings. The van der Waals surface area contributed by atoms with Crippen LogP contribution in [0.3, 0.4) is 0 Å². The number of nitrogens with one attached hydrogen (secondary N) is 1. The summed E-state index contributed by atoms with van der Waals surface area (Å²) in [4.78, 5) is 0. The molecule has 21 heavy (non-hydrogen) atoms. The van der Waals surface area contributed by atoms with Gasteiger partial charge in [-0.1, -0.05) is 56.5 Å². The number of methoxy groups -OCH3 is 1. The van der Waals surface area contributed by atoms with E-state index < -0.39 is 0 Å². The Kier molecular flexibility index (Phi) is 9.36. The van der Waals surface area contributed by atoms with E-state index in [0.29, 0.717) is 0 Å². The molecule has 1 N–H and O–H groups in total. The van der Waals surface area contributed by atoms with Crippen molar-refractivity contribution in [3.8, 4) is 0 Å². The van der Waals surface area contributed by atoms with E-state index in [1.54, 1.807) is 7.11 Å². The Labute approximate surface area is 131 Å². The molecule has 120 valence electrons. The van der Waals surface area contributed by atoms with Crippen molar-refractivity contribution < 1.29 is 4.74 Å². The van der Waals surface area contributed by atoms with Crippen molar-refractivity contribution in [1.29, 1.82) is 0 Å². The van der Waals surface area contributed by atoms with Gasteiger partial charge < -0.3 is 10.1 Å². The second kappa shape index (κ2) is 10.8. The predicted octanol–water partition coefficient (Wildman–Crippen LogP) is 4.22. The average molecular weight is 291 g/mol. The highest BCUT2D eigenvalue weighted by Gasteiger charge is 2.10. The Morgan fingerprint density at radius 2 is 2.00 bits per heavy atom. The van der Waals surface area contributed by atoms with Crippen LogP contribution in [0.5, 0.6) is 0 Å². The molecule has 0 aromatic heterocycles. The summed E-state index contributed by atoms with van der Waals surface area (Å²) in [5.41, 5.74) is 2.83. The van der Waals surface area contributed by atoms with Crippen LogP contribution in [0.1, 0.15) is 44.2 Å². The Balaban J connectivity index is 2.45. The van der Waals surface area contributed by atoms with E-state index >= 15 is 0 Å². The van der Waals surface area contributed by atoms with Gasteiger partial charge in [0.25, 0.3) is 0 Å². The van der Waals surface area contributed by atoms with Gasteiger partial charge in [0.1, 0.15) is 0 Å². The Morgan fingerprint density at radius 1 is 1.19 bits per heavy atom. The quantitative estimate of drug-likeness (QED) is 0.616. The van der Waals surface area contributed by atoms with E-state index in [4.69, 9.17) is 4.74 Å². The van der Waals surface area contributed by atoms with Gasteiger partial charge in [-0.15, -0.1) is 0 Å². The Bertz CT molecular complexity index is 376. The topological polar surface area (TPSA) is 21.3 Å². The first-order valence-electron chi connectivity index (χ1n) is 8.37. The Morgan fingerprint density at radius 3 is 2.67 bits per heavy atom. The molecule has 1 unspecified atom stereocenters. The molecular formula is C19H33NO. The first kappa shape index (κ1) is 18.2. The van der Waals surface area contributed by atoms with Crippen molar-refractivity contribution in [2.75, 3.05) is 26.8 Å². The molecule has 2 nitrogen and oxygen atoms in total. The van der Waals surface area contributed by atoms with Crippen LogP contribution in [-0.4, -0.2) is 26.8 Å². The van der Waals surface area contributed by atoms with Crippen LogP contribution in [0.2, 0.25) is 0 Å². The van der Waals surface area contributed by atoms with Gasteiger partial charge in [0, 0.05) is 13.7 Å². The first-order valence-corrected chi connectivity index (χ1v) is 8.37. The number of hydrogen-bond acceptors (Lipinski definition) is 2. The molecule has 1 atom stereocenters. The molecule has 0 bridgehead atoms. The molecule has 0 heterocycles. The van der Waals surface area contributed by atoms with E-state index in [1.165, 1.54) is 36.8 Å². The maximum absolute atomic E-state index is 5.11. The van der Waals surface area contributed by atoms with Gasteiger partial charge in [-0.05, 0) is 43.7 Å². The number of aryl methyl sites for hydroxylation is 1. The second-order valence-electron chi connectivity index (χ2n) is 6.58. The van der Waals surface area contributed by atoms with Crippen molar-refractivity contribution in [2.45, 2.75) is 46.5 Å². The summed E-state index contributed by atoms with van der Waals surface area (Å²) in [7, 11) is 1.76. The van der Waals surface area contributed by atoms with Gasteiger partial charge in [-0.3, -0.25) is 0 Å². The number of hydrogen-bond donors (Lipinski definition) is 1. The molecule has 1 aromatic rings. The lowest BCUT2D eigenvalue weighted by Crippen LogP contribution is -2.27. The van der Waals surface area contributed by atoms with E-state index in [0.717, 1.165) is 31.5 Å². The zero-order valence-corrected chi connectivity index (χ0v) is 14.3. The third kappa shape index (κ3) is 8.90. The summed E-state index contributed by atoms with van der Waals surface area (Å²) in [6, 6.07) is 8.94. The molecule has 0 spiro atoms. The molecular weight excluding hydrogens is 258 g/mol. The summed E-state index contributed by atoms with van der Waals surface area (Å²) < 4.78 is 5.11. The minimum atomic E-state index is 0.724. The zero-order valence-electron chi connectivity index (χ0n) is 14.3. The van der Waals surface area contributed by atoms with Crippen LogP contribution < -0.4 is 5.32 Å². The highest BCUT2D eigenvalue weighted by atomic mass is 16.5. The summed E-state index contributed by atoms with van der Waals surface area (Å²) in [6.45, 7) is 9.64. The lowest BCUT2D eigenvalue weighted by molar-refractivity contribution is 0.197. The molecule has 1 aromatic carbocycles. The molecule has 0 aliphatic carbocycles. The van der Waals surface area contributed by atoms with Gasteiger partial charge in [0.05, 0.1) is 6.61 Å². The summed E-state index contributed by atoms with van der Waals surface area (Å²) in [6.07, 6.45) is 5.16. The lowest BCUT2D eigenvalue weighted by Gasteiger charge is -2.18. The van der Waals surface area contributed by atoms with Gasteiger partial charge in [-0.2, -0.15) is 0 Å². The normalized spacial score (nSPS) is 12.8. The van der Waals surface area contributed by atoms with Crippen LogP contribution in [-0.2, 0) is 11.2 Å². The van der Waals surface area contributed by atoms with Crippen LogP contribution >= 0.6 is 0 Å². The van der Waals surface area contributed by atoms with Crippen molar-refractivity contribution in [1.82, 2.24) is 5.32 Å². The van der Waals surface area contributed by atoms with E-state index in [9.17, 15) is 0 Å². The fourth-order valence-electron chi connectivity index (χ4n) is 2.74. The third-order valence-corrected chi connectivity index (χ3v) is 3.92. The van der Waals surface area contributed by atoms with Crippen LogP contribution in [0.25, 0.3) is 0 Å². The summed E-state index contributed by atoms with van der Waals surface area (Å²) in [5.74, 6) is 1.54. The van der Waals surface area contributed by atoms with Crippen molar-refractivity contribution in [3.63, 3.8) is 0 Å². The second-order valence-corrected chi connectivity index (χ2v) is 6.58. The fourth-order valence-corrected chi connectivity index (χ4v) is 2.74. The smallest absolute Gasteiger partial charge is 0.0587 e. The molecule has 0 radical (unpaired) electrons. The van der Waals surface area contributed by atoms with Gasteiger partial charge in [-0.25, -0.2) is 0 Å². The highest BCUT2D eigenvalue weighted by molar-refractivity contribution is 5.22. The van der Waals surface area contributed by atoms with Crippen molar-refractivity contribution in [2.24, 2.45) is 11.8 Å². The van der Waals surface area contributed by atoms with Gasteiger partial charge in [0.2, 0.25) is 0 Å². The molecule has 1 rings (SSSR count). The lowest BCUT2D eigenvalue weighted by atomic mass is 9.92. The van der Waals surface area contributed by atoms with E-state index in [2.05, 4.69) is 50.4 Å². The monoisotopic (exact) mass is 291 g/mol. The van der Waals surface area contributed by atoms with Crippen molar-refractivity contribution in [3.05, 3.63) is 35.4 Å². The average Bonchev–Trinajstić information content (AvgIpc) is 2.43. The van der Waals surface area contributed by atoms with Crippen molar-refractivity contribution >= 4 is 0 Å². The zero-order chi connectivity index (χ0) is 15.5. The van der Waals surface area contributed by atoms with Crippen LogP contribution in [0, 0.1) is 18.8 Å². The Hall–Kier alpha value is -0.860. The highest BCUT2D eigenvalue weighted by Crippen LogP contribution is 2.17. The number of ether oxygens (including phenoxy) is 1. The minimum Gasteiger partial charge on any atom is -0.383 e. The van der Waals surface area contributed by atoms with Gasteiger partial charge >= 0.3 is 0 Å². The number of benzene rings is 1. The molecule has 0 aliphatic heterocycles. The maximum atomic E-state index is 5.11. The van der Waals surface area contributed by atoms with Crippen LogP contribution in [0.15, 0.2) is 24.3 Å². The van der Waals surface area contributed by atoms with E-state index in [1.807, 2.05) is 0 Å². The SMILES string of the molecule is COCCNCC(CCCC(C)C)Cc1cccc(C)c1. The summed E-state index contributed by atoms with van der Waals surface area (Å²) in [5, 5.41) is 3.53. The summed E-state index contributed by atoms with van der Waals surface area (Å²) >= 11 is 0. The molecule has 0 saturated carbocycles. The third-order valence-electron chi connectivity index (χ3n) is 3.92. The van der Waals surface area contributed by atoms with Crippen LogP contribution in [0.4, 0.5) is 0 Å². The first-order chi connectivity index (χ1) is 10.1. The molecule has 0 fully saturated rings. The predicted molar refractivity (Wildman–Crippen MR) is 91.8 cm³/mol. The fraction of sp³-hybridized carbons (Fsp3) is 0.684.